The third-order valence-electron chi connectivity index (χ3n) is 4.76. The van der Waals surface area contributed by atoms with Gasteiger partial charge in [-0.05, 0) is 31.0 Å². The highest BCUT2D eigenvalue weighted by molar-refractivity contribution is 6.34. The molecule has 5 heteroatoms. The van der Waals surface area contributed by atoms with Gasteiger partial charge >= 0.3 is 0 Å². The van der Waals surface area contributed by atoms with Gasteiger partial charge in [0.05, 0.1) is 5.02 Å². The summed E-state index contributed by atoms with van der Waals surface area (Å²) in [6.45, 7) is 4.37. The van der Waals surface area contributed by atoms with Crippen LogP contribution < -0.4 is 10.6 Å². The van der Waals surface area contributed by atoms with E-state index in [-0.39, 0.29) is 5.84 Å². The van der Waals surface area contributed by atoms with Gasteiger partial charge in [-0.3, -0.25) is 10.3 Å². The van der Waals surface area contributed by atoms with Crippen LogP contribution in [-0.4, -0.2) is 43.0 Å². The van der Waals surface area contributed by atoms with Crippen LogP contribution in [-0.2, 0) is 0 Å². The predicted molar refractivity (Wildman–Crippen MR) is 88.5 cm³/mol. The van der Waals surface area contributed by atoms with Crippen molar-refractivity contribution >= 4 is 23.1 Å². The van der Waals surface area contributed by atoms with Crippen LogP contribution in [0, 0.1) is 5.41 Å². The number of amidine groups is 1. The largest absolute Gasteiger partial charge is 0.384 e. The summed E-state index contributed by atoms with van der Waals surface area (Å²) in [5, 5.41) is 8.05. The first kappa shape index (κ1) is 14.7. The van der Waals surface area contributed by atoms with Crippen LogP contribution in [0.4, 0.5) is 5.69 Å². The monoisotopic (exact) mass is 306 g/mol. The number of anilines is 1. The van der Waals surface area contributed by atoms with Crippen molar-refractivity contribution in [3.63, 3.8) is 0 Å². The standard InChI is InChI=1S/C16H23ClN4/c17-15-11-13(5-6-14(15)16(18)19)21-9-7-20(8-10-21)12-3-1-2-4-12/h5-6,11-12H,1-4,7-10H2,(H3,18,19). The van der Waals surface area contributed by atoms with Crippen LogP contribution in [0.1, 0.15) is 31.2 Å². The fourth-order valence-electron chi connectivity index (χ4n) is 3.53. The third kappa shape index (κ3) is 3.16. The van der Waals surface area contributed by atoms with E-state index < -0.39 is 0 Å². The Hall–Kier alpha value is -1.26. The van der Waals surface area contributed by atoms with Crippen molar-refractivity contribution in [1.29, 1.82) is 5.41 Å². The van der Waals surface area contributed by atoms with E-state index in [1.165, 1.54) is 25.7 Å². The first-order valence-electron chi connectivity index (χ1n) is 7.78. The highest BCUT2D eigenvalue weighted by Crippen LogP contribution is 2.27. The second kappa shape index (κ2) is 6.24. The lowest BCUT2D eigenvalue weighted by atomic mass is 10.1. The van der Waals surface area contributed by atoms with Crippen LogP contribution in [0.25, 0.3) is 0 Å². The Kier molecular flexibility index (Phi) is 4.36. The maximum absolute atomic E-state index is 7.49. The summed E-state index contributed by atoms with van der Waals surface area (Å²) in [6.07, 6.45) is 5.54. The number of nitrogens with one attached hydrogen (secondary N) is 1. The zero-order valence-electron chi connectivity index (χ0n) is 12.3. The topological polar surface area (TPSA) is 56.4 Å². The van der Waals surface area contributed by atoms with Crippen molar-refractivity contribution in [1.82, 2.24) is 4.90 Å². The lowest BCUT2D eigenvalue weighted by Gasteiger charge is -2.39. The number of nitrogens with two attached hydrogens (primary N) is 1. The molecule has 1 heterocycles. The van der Waals surface area contributed by atoms with Crippen LogP contribution in [0.2, 0.25) is 5.02 Å². The SMILES string of the molecule is N=C(N)c1ccc(N2CCN(C3CCCC3)CC2)cc1Cl. The van der Waals surface area contributed by atoms with E-state index in [2.05, 4.69) is 9.80 Å². The second-order valence-corrected chi connectivity index (χ2v) is 6.45. The van der Waals surface area contributed by atoms with Gasteiger partial charge in [-0.2, -0.15) is 0 Å². The molecule has 1 aliphatic carbocycles. The molecule has 2 aliphatic rings. The summed E-state index contributed by atoms with van der Waals surface area (Å²) in [5.74, 6) is 0.0256. The molecule has 21 heavy (non-hydrogen) atoms. The molecule has 3 N–H and O–H groups in total. The Morgan fingerprint density at radius 3 is 2.38 bits per heavy atom. The number of piperazine rings is 1. The van der Waals surface area contributed by atoms with Gasteiger partial charge in [0.2, 0.25) is 0 Å². The molecule has 0 bridgehead atoms. The minimum absolute atomic E-state index is 0.0256. The molecular weight excluding hydrogens is 284 g/mol. The number of hydrogen-bond acceptors (Lipinski definition) is 3. The zero-order valence-corrected chi connectivity index (χ0v) is 13.1. The van der Waals surface area contributed by atoms with Crippen molar-refractivity contribution in [3.8, 4) is 0 Å². The fourth-order valence-corrected chi connectivity index (χ4v) is 3.81. The maximum Gasteiger partial charge on any atom is 0.124 e. The molecule has 1 aromatic rings. The molecule has 0 aromatic heterocycles. The number of nitrogens with zero attached hydrogens (tertiary/aromatic N) is 2. The van der Waals surface area contributed by atoms with Gasteiger partial charge in [0.15, 0.2) is 0 Å². The number of halogens is 1. The Balaban J connectivity index is 1.64. The van der Waals surface area contributed by atoms with Crippen LogP contribution in [0.5, 0.6) is 0 Å². The summed E-state index contributed by atoms with van der Waals surface area (Å²) in [7, 11) is 0. The Bertz CT molecular complexity index is 517. The van der Waals surface area contributed by atoms with Gasteiger partial charge < -0.3 is 10.6 Å². The number of benzene rings is 1. The number of hydrogen-bond donors (Lipinski definition) is 2. The fraction of sp³-hybridized carbons (Fsp3) is 0.562. The molecule has 1 saturated carbocycles. The Morgan fingerprint density at radius 1 is 1.14 bits per heavy atom. The molecule has 0 radical (unpaired) electrons. The van der Waals surface area contributed by atoms with Crippen molar-refractivity contribution in [2.24, 2.45) is 5.73 Å². The molecule has 2 fully saturated rings. The summed E-state index contributed by atoms with van der Waals surface area (Å²) < 4.78 is 0. The van der Waals surface area contributed by atoms with Crippen LogP contribution >= 0.6 is 11.6 Å². The molecule has 114 valence electrons. The lowest BCUT2D eigenvalue weighted by molar-refractivity contribution is 0.187. The van der Waals surface area contributed by atoms with E-state index in [0.29, 0.717) is 10.6 Å². The van der Waals surface area contributed by atoms with E-state index >= 15 is 0 Å². The average molecular weight is 307 g/mol. The molecule has 3 rings (SSSR count). The minimum atomic E-state index is 0.0256. The van der Waals surface area contributed by atoms with Crippen molar-refractivity contribution in [2.45, 2.75) is 31.7 Å². The van der Waals surface area contributed by atoms with Gasteiger partial charge in [0.25, 0.3) is 0 Å². The first-order chi connectivity index (χ1) is 10.1. The van der Waals surface area contributed by atoms with Crippen molar-refractivity contribution < 1.29 is 0 Å². The van der Waals surface area contributed by atoms with Crippen LogP contribution in [0.15, 0.2) is 18.2 Å². The van der Waals surface area contributed by atoms with Gasteiger partial charge in [-0.15, -0.1) is 0 Å². The Morgan fingerprint density at radius 2 is 1.81 bits per heavy atom. The van der Waals surface area contributed by atoms with E-state index in [0.717, 1.165) is 37.9 Å². The summed E-state index contributed by atoms with van der Waals surface area (Å²) in [5.41, 5.74) is 7.26. The van der Waals surface area contributed by atoms with E-state index in [1.807, 2.05) is 18.2 Å². The molecule has 0 unspecified atom stereocenters. The number of rotatable bonds is 3. The summed E-state index contributed by atoms with van der Waals surface area (Å²) in [6, 6.07) is 6.62. The molecule has 0 spiro atoms. The second-order valence-electron chi connectivity index (χ2n) is 6.04. The van der Waals surface area contributed by atoms with Gasteiger partial charge in [-0.1, -0.05) is 24.4 Å². The van der Waals surface area contributed by atoms with E-state index in [9.17, 15) is 0 Å². The molecule has 1 saturated heterocycles. The number of nitrogen functional groups attached to an aromatic ring is 1. The highest BCUT2D eigenvalue weighted by Gasteiger charge is 2.26. The molecule has 0 amide bonds. The molecule has 4 nitrogen and oxygen atoms in total. The lowest BCUT2D eigenvalue weighted by Crippen LogP contribution is -2.49. The quantitative estimate of drug-likeness (QED) is 0.667. The first-order valence-corrected chi connectivity index (χ1v) is 8.16. The molecule has 0 atom stereocenters. The normalized spacial score (nSPS) is 20.9. The van der Waals surface area contributed by atoms with E-state index in [4.69, 9.17) is 22.7 Å². The van der Waals surface area contributed by atoms with Crippen LogP contribution in [0.3, 0.4) is 0 Å². The molecular formula is C16H23ClN4. The molecule has 1 aliphatic heterocycles. The van der Waals surface area contributed by atoms with Gasteiger partial charge in [-0.25, -0.2) is 0 Å². The van der Waals surface area contributed by atoms with Gasteiger partial charge in [0.1, 0.15) is 5.84 Å². The van der Waals surface area contributed by atoms with Crippen molar-refractivity contribution in [3.05, 3.63) is 28.8 Å². The van der Waals surface area contributed by atoms with E-state index in [1.54, 1.807) is 0 Å². The minimum Gasteiger partial charge on any atom is -0.384 e. The van der Waals surface area contributed by atoms with Gasteiger partial charge in [0, 0.05) is 43.5 Å². The predicted octanol–water partition coefficient (Wildman–Crippen LogP) is 2.69. The zero-order chi connectivity index (χ0) is 14.8. The van der Waals surface area contributed by atoms with Crippen molar-refractivity contribution in [2.75, 3.05) is 31.1 Å². The highest BCUT2D eigenvalue weighted by atomic mass is 35.5. The summed E-state index contributed by atoms with van der Waals surface area (Å²) >= 11 is 6.22. The Labute approximate surface area is 131 Å². The third-order valence-corrected chi connectivity index (χ3v) is 5.08. The maximum atomic E-state index is 7.49. The smallest absolute Gasteiger partial charge is 0.124 e. The molecule has 1 aromatic carbocycles. The summed E-state index contributed by atoms with van der Waals surface area (Å²) in [4.78, 5) is 5.02. The average Bonchev–Trinajstić information content (AvgIpc) is 3.01.